The Labute approximate surface area is 56.9 Å². The van der Waals surface area contributed by atoms with Crippen LogP contribution in [0.5, 0.6) is 0 Å². The summed E-state index contributed by atoms with van der Waals surface area (Å²) in [4.78, 5) is 10.7. The molecular weight excluding hydrogens is 168 g/mol. The molecule has 0 aromatic rings. The highest BCUT2D eigenvalue weighted by Gasteiger charge is 2.08. The Bertz CT molecular complexity index is 137. The predicted molar refractivity (Wildman–Crippen MR) is 35.9 cm³/mol. The van der Waals surface area contributed by atoms with E-state index in [1.54, 1.807) is 0 Å². The van der Waals surface area contributed by atoms with Gasteiger partial charge in [0.1, 0.15) is 0 Å². The first kappa shape index (κ1) is 6.02. The summed E-state index contributed by atoms with van der Waals surface area (Å²) in [6.07, 6.45) is 4.73. The van der Waals surface area contributed by atoms with Crippen molar-refractivity contribution in [2.45, 2.75) is 19.3 Å². The second kappa shape index (κ2) is 2.44. The lowest BCUT2D eigenvalue weighted by Gasteiger charge is -2.03. The molecule has 44 valence electrons. The van der Waals surface area contributed by atoms with E-state index in [0.29, 0.717) is 0 Å². The molecule has 0 atom stereocenters. The zero-order valence-corrected chi connectivity index (χ0v) is 6.07. The average Bonchev–Trinajstić information content (AvgIpc) is 1.77. The number of hydrogen-bond acceptors (Lipinski definition) is 1. The molecule has 1 aliphatic rings. The van der Waals surface area contributed by atoms with E-state index in [1.165, 1.54) is 0 Å². The van der Waals surface area contributed by atoms with Crippen LogP contribution in [-0.2, 0) is 4.79 Å². The summed E-state index contributed by atoms with van der Waals surface area (Å²) in [6.45, 7) is 0. The van der Waals surface area contributed by atoms with Gasteiger partial charge in [0.25, 0.3) is 0 Å². The normalized spacial score (nSPS) is 20.6. The zero-order valence-electron chi connectivity index (χ0n) is 4.48. The highest BCUT2D eigenvalue weighted by Crippen LogP contribution is 2.17. The molecule has 0 amide bonds. The highest BCUT2D eigenvalue weighted by molar-refractivity contribution is 9.12. The van der Waals surface area contributed by atoms with E-state index in [2.05, 4.69) is 15.9 Å². The molecule has 0 heterocycles. The molecule has 0 unspecified atom stereocenters. The second-order valence-electron chi connectivity index (χ2n) is 1.87. The number of Topliss-reactive ketones (excluding diaryl/α,β-unsaturated/α-hetero) is 1. The average molecular weight is 175 g/mol. The number of hydrogen-bond donors (Lipinski definition) is 0. The SMILES string of the molecule is O=C1CCCC=C1Br. The lowest BCUT2D eigenvalue weighted by molar-refractivity contribution is -0.115. The number of rotatable bonds is 0. The largest absolute Gasteiger partial charge is 0.294 e. The molecule has 0 aromatic carbocycles. The van der Waals surface area contributed by atoms with Crippen LogP contribution in [0.2, 0.25) is 0 Å². The maximum absolute atomic E-state index is 10.7. The van der Waals surface area contributed by atoms with Crippen LogP contribution in [-0.4, -0.2) is 5.78 Å². The van der Waals surface area contributed by atoms with Crippen LogP contribution in [0.25, 0.3) is 0 Å². The van der Waals surface area contributed by atoms with Crippen molar-refractivity contribution in [2.24, 2.45) is 0 Å². The third-order valence-corrected chi connectivity index (χ3v) is 1.96. The Hall–Kier alpha value is -0.110. The Balaban J connectivity index is 2.67. The first-order valence-corrected chi connectivity index (χ1v) is 3.49. The lowest BCUT2D eigenvalue weighted by atomic mass is 10.1. The summed E-state index contributed by atoms with van der Waals surface area (Å²) in [6, 6.07) is 0. The van der Waals surface area contributed by atoms with Gasteiger partial charge >= 0.3 is 0 Å². The summed E-state index contributed by atoms with van der Waals surface area (Å²) in [7, 11) is 0. The van der Waals surface area contributed by atoms with Gasteiger partial charge < -0.3 is 0 Å². The number of halogens is 1. The van der Waals surface area contributed by atoms with Gasteiger partial charge in [0.2, 0.25) is 0 Å². The molecule has 0 aromatic heterocycles. The van der Waals surface area contributed by atoms with E-state index in [9.17, 15) is 4.79 Å². The monoisotopic (exact) mass is 174 g/mol. The van der Waals surface area contributed by atoms with E-state index >= 15 is 0 Å². The molecule has 0 bridgehead atoms. The van der Waals surface area contributed by atoms with Gasteiger partial charge in [0.15, 0.2) is 5.78 Å². The standard InChI is InChI=1S/C6H7BrO/c7-5-3-1-2-4-6(5)8/h3H,1-2,4H2. The summed E-state index contributed by atoms with van der Waals surface area (Å²) in [5.74, 6) is 0.247. The second-order valence-corrected chi connectivity index (χ2v) is 2.72. The van der Waals surface area contributed by atoms with Crippen molar-refractivity contribution in [3.8, 4) is 0 Å². The van der Waals surface area contributed by atoms with Crippen molar-refractivity contribution in [2.75, 3.05) is 0 Å². The van der Waals surface area contributed by atoms with Crippen LogP contribution in [0.3, 0.4) is 0 Å². The summed E-state index contributed by atoms with van der Waals surface area (Å²) in [5, 5.41) is 0. The fraction of sp³-hybridized carbons (Fsp3) is 0.500. The van der Waals surface area contributed by atoms with Crippen LogP contribution in [0, 0.1) is 0 Å². The van der Waals surface area contributed by atoms with Gasteiger partial charge in [0, 0.05) is 6.42 Å². The molecule has 1 aliphatic carbocycles. The zero-order chi connectivity index (χ0) is 5.98. The van der Waals surface area contributed by atoms with Crippen molar-refractivity contribution in [1.82, 2.24) is 0 Å². The molecule has 8 heavy (non-hydrogen) atoms. The van der Waals surface area contributed by atoms with Gasteiger partial charge in [-0.3, -0.25) is 4.79 Å². The smallest absolute Gasteiger partial charge is 0.169 e. The first-order chi connectivity index (χ1) is 3.80. The van der Waals surface area contributed by atoms with Gasteiger partial charge in [-0.15, -0.1) is 0 Å². The molecular formula is C6H7BrO. The third kappa shape index (κ3) is 1.19. The maximum Gasteiger partial charge on any atom is 0.169 e. The van der Waals surface area contributed by atoms with Crippen LogP contribution in [0.15, 0.2) is 10.6 Å². The molecule has 1 rings (SSSR count). The van der Waals surface area contributed by atoms with Crippen LogP contribution < -0.4 is 0 Å². The minimum absolute atomic E-state index is 0.247. The van der Waals surface area contributed by atoms with E-state index in [4.69, 9.17) is 0 Å². The molecule has 0 N–H and O–H groups in total. The fourth-order valence-electron chi connectivity index (χ4n) is 0.725. The Morgan fingerprint density at radius 3 is 2.75 bits per heavy atom. The topological polar surface area (TPSA) is 17.1 Å². The molecule has 0 aliphatic heterocycles. The summed E-state index contributed by atoms with van der Waals surface area (Å²) in [5.41, 5.74) is 0. The van der Waals surface area contributed by atoms with Gasteiger partial charge in [-0.2, -0.15) is 0 Å². The fourth-order valence-corrected chi connectivity index (χ4v) is 1.15. The quantitative estimate of drug-likeness (QED) is 0.550. The van der Waals surface area contributed by atoms with Gasteiger partial charge in [-0.1, -0.05) is 6.08 Å². The van der Waals surface area contributed by atoms with E-state index in [-0.39, 0.29) is 5.78 Å². The van der Waals surface area contributed by atoms with Gasteiger partial charge in [-0.25, -0.2) is 0 Å². The van der Waals surface area contributed by atoms with Gasteiger partial charge in [-0.05, 0) is 28.8 Å². The third-order valence-electron chi connectivity index (χ3n) is 1.20. The predicted octanol–water partition coefficient (Wildman–Crippen LogP) is 2.02. The van der Waals surface area contributed by atoms with Crippen molar-refractivity contribution in [3.05, 3.63) is 10.6 Å². The van der Waals surface area contributed by atoms with Crippen molar-refractivity contribution in [1.29, 1.82) is 0 Å². The number of ketones is 1. The minimum Gasteiger partial charge on any atom is -0.294 e. The van der Waals surface area contributed by atoms with Crippen molar-refractivity contribution in [3.63, 3.8) is 0 Å². The molecule has 2 heteroatoms. The molecule has 1 nitrogen and oxygen atoms in total. The molecule has 0 saturated carbocycles. The van der Waals surface area contributed by atoms with Crippen LogP contribution in [0.1, 0.15) is 19.3 Å². The van der Waals surface area contributed by atoms with Crippen LogP contribution >= 0.6 is 15.9 Å². The Morgan fingerprint density at radius 2 is 2.38 bits per heavy atom. The molecule has 0 spiro atoms. The minimum atomic E-state index is 0.247. The number of carbonyl (C=O) groups is 1. The highest BCUT2D eigenvalue weighted by atomic mass is 79.9. The first-order valence-electron chi connectivity index (χ1n) is 2.69. The van der Waals surface area contributed by atoms with E-state index < -0.39 is 0 Å². The summed E-state index contributed by atoms with van der Waals surface area (Å²) < 4.78 is 0.767. The summed E-state index contributed by atoms with van der Waals surface area (Å²) >= 11 is 3.17. The molecule has 0 radical (unpaired) electrons. The van der Waals surface area contributed by atoms with Crippen molar-refractivity contribution < 1.29 is 4.79 Å². The lowest BCUT2D eigenvalue weighted by Crippen LogP contribution is -2.00. The Kier molecular flexibility index (Phi) is 1.84. The maximum atomic E-state index is 10.7. The molecule has 0 saturated heterocycles. The molecule has 0 fully saturated rings. The van der Waals surface area contributed by atoms with Gasteiger partial charge in [0.05, 0.1) is 4.48 Å². The number of allylic oxidation sites excluding steroid dienone is 2. The van der Waals surface area contributed by atoms with Crippen molar-refractivity contribution >= 4 is 21.7 Å². The van der Waals surface area contributed by atoms with E-state index in [0.717, 1.165) is 23.7 Å². The van der Waals surface area contributed by atoms with Crippen LogP contribution in [0.4, 0.5) is 0 Å². The van der Waals surface area contributed by atoms with E-state index in [1.807, 2.05) is 6.08 Å². The number of carbonyl (C=O) groups excluding carboxylic acids is 1. The Morgan fingerprint density at radius 1 is 1.62 bits per heavy atom.